The summed E-state index contributed by atoms with van der Waals surface area (Å²) < 4.78 is 41.0. The molecule has 0 fully saturated rings. The highest BCUT2D eigenvalue weighted by Crippen LogP contribution is 2.48. The van der Waals surface area contributed by atoms with Gasteiger partial charge in [-0.25, -0.2) is 0 Å². The number of benzene rings is 2. The maximum Gasteiger partial charge on any atom is 0.432 e. The number of nitrogens with zero attached hydrogens (tertiary/aromatic N) is 1. The number of hydrogen-bond acceptors (Lipinski definition) is 2. The standard InChI is InChI=1S/C17H7Cl4F3N2O2/c18-9-3-1-7(5-11(9)20)13-15(26(27)28)14(25-16(13)17(22,23)24)8-2-4-10(19)12(21)6-8/h1-6,25H. The number of H-pyrrole nitrogens is 1. The van der Waals surface area contributed by atoms with Crippen LogP contribution in [0.25, 0.3) is 22.4 Å². The van der Waals surface area contributed by atoms with Crippen molar-refractivity contribution in [2.75, 3.05) is 0 Å². The topological polar surface area (TPSA) is 58.9 Å². The minimum absolute atomic E-state index is 0.0349. The summed E-state index contributed by atoms with van der Waals surface area (Å²) in [5.74, 6) is 0. The largest absolute Gasteiger partial charge is 0.432 e. The van der Waals surface area contributed by atoms with Crippen LogP contribution in [0.2, 0.25) is 20.1 Å². The zero-order valence-corrected chi connectivity index (χ0v) is 16.4. The molecule has 0 unspecified atom stereocenters. The molecule has 1 heterocycles. The van der Waals surface area contributed by atoms with Crippen molar-refractivity contribution in [3.05, 3.63) is 72.3 Å². The number of rotatable bonds is 3. The van der Waals surface area contributed by atoms with Crippen LogP contribution >= 0.6 is 46.4 Å². The Kier molecular flexibility index (Phi) is 5.55. The van der Waals surface area contributed by atoms with Crippen molar-refractivity contribution in [2.45, 2.75) is 6.18 Å². The monoisotopic (exact) mass is 468 g/mol. The molecule has 3 aromatic rings. The molecule has 0 radical (unpaired) electrons. The first-order valence-electron chi connectivity index (χ1n) is 7.39. The van der Waals surface area contributed by atoms with Crippen molar-refractivity contribution >= 4 is 52.1 Å². The molecular weight excluding hydrogens is 463 g/mol. The molecule has 0 aliphatic carbocycles. The van der Waals surface area contributed by atoms with E-state index in [-0.39, 0.29) is 36.9 Å². The fourth-order valence-corrected chi connectivity index (χ4v) is 3.27. The summed E-state index contributed by atoms with van der Waals surface area (Å²) in [7, 11) is 0. The van der Waals surface area contributed by atoms with Crippen molar-refractivity contribution in [1.82, 2.24) is 4.98 Å². The lowest BCUT2D eigenvalue weighted by atomic mass is 10.0. The number of aromatic nitrogens is 1. The van der Waals surface area contributed by atoms with Crippen molar-refractivity contribution in [3.8, 4) is 22.4 Å². The van der Waals surface area contributed by atoms with Crippen LogP contribution in [-0.2, 0) is 6.18 Å². The van der Waals surface area contributed by atoms with Crippen LogP contribution in [0.3, 0.4) is 0 Å². The molecule has 0 spiro atoms. The van der Waals surface area contributed by atoms with Gasteiger partial charge in [-0.05, 0) is 29.8 Å². The van der Waals surface area contributed by atoms with Gasteiger partial charge in [0.1, 0.15) is 11.4 Å². The molecule has 1 N–H and O–H groups in total. The number of nitro groups is 1. The van der Waals surface area contributed by atoms with E-state index in [4.69, 9.17) is 46.4 Å². The minimum atomic E-state index is -4.90. The minimum Gasteiger partial charge on any atom is -0.345 e. The zero-order valence-electron chi connectivity index (χ0n) is 13.4. The number of hydrogen-bond donors (Lipinski definition) is 1. The van der Waals surface area contributed by atoms with Crippen molar-refractivity contribution in [3.63, 3.8) is 0 Å². The average Bonchev–Trinajstić information content (AvgIpc) is 3.01. The molecule has 11 heteroatoms. The van der Waals surface area contributed by atoms with Crippen LogP contribution in [0.1, 0.15) is 5.69 Å². The smallest absolute Gasteiger partial charge is 0.345 e. The second-order valence-corrected chi connectivity index (χ2v) is 7.24. The zero-order chi connectivity index (χ0) is 20.8. The molecular formula is C17H7Cl4F3N2O2. The first kappa shape index (κ1) is 20.8. The third-order valence-electron chi connectivity index (χ3n) is 3.86. The highest BCUT2D eigenvalue weighted by molar-refractivity contribution is 6.42. The molecule has 0 aliphatic heterocycles. The van der Waals surface area contributed by atoms with Crippen LogP contribution in [0.4, 0.5) is 18.9 Å². The number of nitrogens with one attached hydrogen (secondary N) is 1. The van der Waals surface area contributed by atoms with Crippen molar-refractivity contribution in [2.24, 2.45) is 0 Å². The Labute approximate surface area is 175 Å². The van der Waals surface area contributed by atoms with Gasteiger partial charge in [0.2, 0.25) is 0 Å². The highest BCUT2D eigenvalue weighted by Gasteiger charge is 2.42. The Bertz CT molecular complexity index is 1100. The Hall–Kier alpha value is -1.93. The van der Waals surface area contributed by atoms with Gasteiger partial charge in [0.25, 0.3) is 0 Å². The molecule has 28 heavy (non-hydrogen) atoms. The van der Waals surface area contributed by atoms with Crippen LogP contribution in [0.15, 0.2) is 36.4 Å². The van der Waals surface area contributed by atoms with Gasteiger partial charge in [-0.15, -0.1) is 0 Å². The van der Waals surface area contributed by atoms with E-state index in [0.717, 1.165) is 6.07 Å². The maximum absolute atomic E-state index is 13.7. The molecule has 0 saturated heterocycles. The van der Waals surface area contributed by atoms with Gasteiger partial charge >= 0.3 is 11.9 Å². The Morgan fingerprint density at radius 1 is 0.857 bits per heavy atom. The van der Waals surface area contributed by atoms with Gasteiger partial charge in [-0.1, -0.05) is 58.5 Å². The lowest BCUT2D eigenvalue weighted by Crippen LogP contribution is -2.07. The normalized spacial score (nSPS) is 11.7. The van der Waals surface area contributed by atoms with E-state index in [1.807, 2.05) is 0 Å². The van der Waals surface area contributed by atoms with Crippen molar-refractivity contribution < 1.29 is 18.1 Å². The molecule has 0 atom stereocenters. The van der Waals surface area contributed by atoms with E-state index in [1.165, 1.54) is 30.3 Å². The Morgan fingerprint density at radius 2 is 1.36 bits per heavy atom. The fraction of sp³-hybridized carbons (Fsp3) is 0.0588. The second kappa shape index (κ2) is 7.48. The third-order valence-corrected chi connectivity index (χ3v) is 5.33. The lowest BCUT2D eigenvalue weighted by molar-refractivity contribution is -0.383. The number of alkyl halides is 3. The molecule has 1 aromatic heterocycles. The van der Waals surface area contributed by atoms with Crippen LogP contribution in [0.5, 0.6) is 0 Å². The lowest BCUT2D eigenvalue weighted by Gasteiger charge is -2.08. The average molecular weight is 470 g/mol. The molecule has 2 aromatic carbocycles. The first-order chi connectivity index (χ1) is 13.0. The summed E-state index contributed by atoms with van der Waals surface area (Å²) in [6.45, 7) is 0. The summed E-state index contributed by atoms with van der Waals surface area (Å²) in [5.41, 5.74) is -3.13. The van der Waals surface area contributed by atoms with Gasteiger partial charge in [0, 0.05) is 5.56 Å². The van der Waals surface area contributed by atoms with E-state index >= 15 is 0 Å². The number of halogens is 7. The van der Waals surface area contributed by atoms with Crippen LogP contribution in [0, 0.1) is 10.1 Å². The first-order valence-corrected chi connectivity index (χ1v) is 8.90. The predicted octanol–water partition coefficient (Wildman–Crippen LogP) is 7.89. The van der Waals surface area contributed by atoms with Crippen LogP contribution in [-0.4, -0.2) is 9.91 Å². The molecule has 0 amide bonds. The summed E-state index contributed by atoms with van der Waals surface area (Å²) in [6.07, 6.45) is -4.90. The summed E-state index contributed by atoms with van der Waals surface area (Å²) >= 11 is 23.5. The quantitative estimate of drug-likeness (QED) is 0.313. The summed E-state index contributed by atoms with van der Waals surface area (Å²) in [4.78, 5) is 13.0. The molecule has 3 rings (SSSR count). The third kappa shape index (κ3) is 3.80. The molecule has 0 aliphatic rings. The molecule has 0 bridgehead atoms. The summed E-state index contributed by atoms with van der Waals surface area (Å²) in [5, 5.41) is 12.0. The van der Waals surface area contributed by atoms with E-state index in [0.29, 0.717) is 0 Å². The van der Waals surface area contributed by atoms with E-state index in [1.54, 1.807) is 0 Å². The fourth-order valence-electron chi connectivity index (χ4n) is 2.68. The molecule has 4 nitrogen and oxygen atoms in total. The van der Waals surface area contributed by atoms with Gasteiger partial charge in [-0.2, -0.15) is 13.2 Å². The van der Waals surface area contributed by atoms with Crippen molar-refractivity contribution in [1.29, 1.82) is 0 Å². The highest BCUT2D eigenvalue weighted by atomic mass is 35.5. The maximum atomic E-state index is 13.7. The van der Waals surface area contributed by atoms with E-state index in [2.05, 4.69) is 4.98 Å². The van der Waals surface area contributed by atoms with E-state index < -0.39 is 28.0 Å². The van der Waals surface area contributed by atoms with Gasteiger partial charge < -0.3 is 4.98 Å². The number of aromatic amines is 1. The SMILES string of the molecule is O=[N+]([O-])c1c(-c2ccc(Cl)c(Cl)c2)[nH]c(C(F)(F)F)c1-c1ccc(Cl)c(Cl)c1. The summed E-state index contributed by atoms with van der Waals surface area (Å²) in [6, 6.07) is 7.50. The van der Waals surface area contributed by atoms with Gasteiger partial charge in [0.05, 0.1) is 30.6 Å². The van der Waals surface area contributed by atoms with Gasteiger partial charge in [0.15, 0.2) is 0 Å². The van der Waals surface area contributed by atoms with Crippen LogP contribution < -0.4 is 0 Å². The second-order valence-electron chi connectivity index (χ2n) is 5.61. The Balaban J connectivity index is 2.39. The molecule has 0 saturated carbocycles. The van der Waals surface area contributed by atoms with Gasteiger partial charge in [-0.3, -0.25) is 10.1 Å². The Morgan fingerprint density at radius 3 is 1.82 bits per heavy atom. The molecule has 146 valence electrons. The predicted molar refractivity (Wildman–Crippen MR) is 103 cm³/mol. The van der Waals surface area contributed by atoms with E-state index in [9.17, 15) is 23.3 Å².